The summed E-state index contributed by atoms with van der Waals surface area (Å²) >= 11 is 7.94. The minimum Gasteiger partial charge on any atom is -0.325 e. The molecule has 110 valence electrons. The molecule has 0 aliphatic heterocycles. The van der Waals surface area contributed by atoms with Gasteiger partial charge in [0.25, 0.3) is 0 Å². The number of nitrogens with zero attached hydrogens (tertiary/aromatic N) is 2. The SMILES string of the molecule is CCSCCC(C)n1c(CCCl)nc2ccc(C)cc21. The molecular weight excluding hydrogens is 288 g/mol. The smallest absolute Gasteiger partial charge is 0.111 e. The van der Waals surface area contributed by atoms with Gasteiger partial charge in [0.1, 0.15) is 5.82 Å². The first-order valence-electron chi connectivity index (χ1n) is 7.28. The molecule has 2 rings (SSSR count). The number of fused-ring (bicyclic) bond motifs is 1. The fourth-order valence-electron chi connectivity index (χ4n) is 2.53. The van der Waals surface area contributed by atoms with Crippen LogP contribution in [-0.4, -0.2) is 26.9 Å². The Morgan fingerprint density at radius 3 is 2.90 bits per heavy atom. The minimum absolute atomic E-state index is 0.471. The van der Waals surface area contributed by atoms with Gasteiger partial charge in [-0.3, -0.25) is 0 Å². The van der Waals surface area contributed by atoms with Gasteiger partial charge in [-0.05, 0) is 49.5 Å². The van der Waals surface area contributed by atoms with Crippen LogP contribution in [-0.2, 0) is 6.42 Å². The average Bonchev–Trinajstić information content (AvgIpc) is 2.76. The molecule has 1 unspecified atom stereocenters. The first kappa shape index (κ1) is 15.7. The third-order valence-corrected chi connectivity index (χ3v) is 4.68. The predicted octanol–water partition coefficient (Wildman–Crippen LogP) is 4.83. The summed E-state index contributed by atoms with van der Waals surface area (Å²) in [5.74, 6) is 4.13. The van der Waals surface area contributed by atoms with Crippen molar-refractivity contribution in [3.8, 4) is 0 Å². The molecule has 1 aromatic heterocycles. The maximum Gasteiger partial charge on any atom is 0.111 e. The number of hydrogen-bond acceptors (Lipinski definition) is 2. The van der Waals surface area contributed by atoms with Crippen molar-refractivity contribution in [3.05, 3.63) is 29.6 Å². The first-order valence-corrected chi connectivity index (χ1v) is 8.97. The molecule has 2 aromatic rings. The van der Waals surface area contributed by atoms with Crippen LogP contribution in [0, 0.1) is 6.92 Å². The van der Waals surface area contributed by atoms with E-state index in [1.165, 1.54) is 29.0 Å². The van der Waals surface area contributed by atoms with Gasteiger partial charge in [0.15, 0.2) is 0 Å². The van der Waals surface area contributed by atoms with Gasteiger partial charge < -0.3 is 4.57 Å². The molecule has 1 atom stereocenters. The lowest BCUT2D eigenvalue weighted by atomic mass is 10.2. The monoisotopic (exact) mass is 310 g/mol. The van der Waals surface area contributed by atoms with Crippen molar-refractivity contribution >= 4 is 34.4 Å². The molecule has 0 fully saturated rings. The zero-order valence-corrected chi connectivity index (χ0v) is 14.1. The maximum absolute atomic E-state index is 5.94. The van der Waals surface area contributed by atoms with E-state index in [4.69, 9.17) is 16.6 Å². The number of hydrogen-bond donors (Lipinski definition) is 0. The van der Waals surface area contributed by atoms with Crippen molar-refractivity contribution in [1.82, 2.24) is 9.55 Å². The number of thioether (sulfide) groups is 1. The molecular formula is C16H23ClN2S. The Balaban J connectivity index is 2.36. The highest BCUT2D eigenvalue weighted by Gasteiger charge is 2.15. The molecule has 20 heavy (non-hydrogen) atoms. The van der Waals surface area contributed by atoms with Crippen molar-refractivity contribution in [1.29, 1.82) is 0 Å². The molecule has 0 amide bonds. The molecule has 0 N–H and O–H groups in total. The lowest BCUT2D eigenvalue weighted by Gasteiger charge is -2.17. The van der Waals surface area contributed by atoms with Gasteiger partial charge in [0, 0.05) is 18.3 Å². The fraction of sp³-hybridized carbons (Fsp3) is 0.562. The van der Waals surface area contributed by atoms with Gasteiger partial charge in [-0.15, -0.1) is 11.6 Å². The topological polar surface area (TPSA) is 17.8 Å². The average molecular weight is 311 g/mol. The Bertz CT molecular complexity index is 565. The van der Waals surface area contributed by atoms with E-state index in [-0.39, 0.29) is 0 Å². The van der Waals surface area contributed by atoms with Gasteiger partial charge in [0.2, 0.25) is 0 Å². The molecule has 2 nitrogen and oxygen atoms in total. The number of aromatic nitrogens is 2. The Labute approximate surface area is 130 Å². The molecule has 0 spiro atoms. The predicted molar refractivity (Wildman–Crippen MR) is 91.2 cm³/mol. The lowest BCUT2D eigenvalue weighted by molar-refractivity contribution is 0.528. The van der Waals surface area contributed by atoms with Crippen LogP contribution in [0.25, 0.3) is 11.0 Å². The summed E-state index contributed by atoms with van der Waals surface area (Å²) in [7, 11) is 0. The van der Waals surface area contributed by atoms with Crippen LogP contribution >= 0.6 is 23.4 Å². The molecule has 0 saturated heterocycles. The van der Waals surface area contributed by atoms with E-state index in [2.05, 4.69) is 43.5 Å². The van der Waals surface area contributed by atoms with Crippen molar-refractivity contribution < 1.29 is 0 Å². The second kappa shape index (κ2) is 7.37. The van der Waals surface area contributed by atoms with Gasteiger partial charge >= 0.3 is 0 Å². The van der Waals surface area contributed by atoms with Crippen molar-refractivity contribution in [2.45, 2.75) is 39.7 Å². The minimum atomic E-state index is 0.471. The second-order valence-corrected chi connectivity index (χ2v) is 6.94. The van der Waals surface area contributed by atoms with E-state index in [0.29, 0.717) is 11.9 Å². The van der Waals surface area contributed by atoms with E-state index < -0.39 is 0 Å². The van der Waals surface area contributed by atoms with E-state index in [0.717, 1.165) is 17.8 Å². The lowest BCUT2D eigenvalue weighted by Crippen LogP contribution is -2.11. The van der Waals surface area contributed by atoms with E-state index in [1.807, 2.05) is 11.8 Å². The summed E-state index contributed by atoms with van der Waals surface area (Å²) in [6.45, 7) is 6.64. The zero-order valence-electron chi connectivity index (χ0n) is 12.5. The van der Waals surface area contributed by atoms with Crippen LogP contribution in [0.15, 0.2) is 18.2 Å². The standard InChI is InChI=1S/C16H23ClN2S/c1-4-20-10-8-13(3)19-15-11-12(2)5-6-14(15)18-16(19)7-9-17/h5-6,11,13H,4,7-10H2,1-3H3. The number of halogens is 1. The second-order valence-electron chi connectivity index (χ2n) is 5.16. The van der Waals surface area contributed by atoms with Gasteiger partial charge in [-0.1, -0.05) is 13.0 Å². The number of alkyl halides is 1. The largest absolute Gasteiger partial charge is 0.325 e. The first-order chi connectivity index (χ1) is 9.67. The fourth-order valence-corrected chi connectivity index (χ4v) is 3.50. The third kappa shape index (κ3) is 3.50. The van der Waals surface area contributed by atoms with Crippen LogP contribution < -0.4 is 0 Å². The number of aryl methyl sites for hydroxylation is 2. The van der Waals surface area contributed by atoms with Crippen LogP contribution in [0.5, 0.6) is 0 Å². The van der Waals surface area contributed by atoms with Crippen LogP contribution in [0.3, 0.4) is 0 Å². The summed E-state index contributed by atoms with van der Waals surface area (Å²) in [4.78, 5) is 4.76. The number of imidazole rings is 1. The van der Waals surface area contributed by atoms with Crippen LogP contribution in [0.2, 0.25) is 0 Å². The maximum atomic E-state index is 5.94. The van der Waals surface area contributed by atoms with Gasteiger partial charge in [0.05, 0.1) is 11.0 Å². The quantitative estimate of drug-likeness (QED) is 0.538. The van der Waals surface area contributed by atoms with Crippen LogP contribution in [0.1, 0.15) is 37.7 Å². The van der Waals surface area contributed by atoms with Crippen LogP contribution in [0.4, 0.5) is 0 Å². The summed E-state index contributed by atoms with van der Waals surface area (Å²) in [5, 5.41) is 0. The molecule has 0 saturated carbocycles. The van der Waals surface area contributed by atoms with Crippen molar-refractivity contribution in [3.63, 3.8) is 0 Å². The molecule has 4 heteroatoms. The highest BCUT2D eigenvalue weighted by atomic mass is 35.5. The molecule has 0 radical (unpaired) electrons. The van der Waals surface area contributed by atoms with E-state index >= 15 is 0 Å². The Hall–Kier alpha value is -0.670. The molecule has 0 aliphatic carbocycles. The molecule has 0 aliphatic rings. The zero-order chi connectivity index (χ0) is 14.5. The summed E-state index contributed by atoms with van der Waals surface area (Å²) in [5.41, 5.74) is 3.62. The molecule has 1 aromatic carbocycles. The molecule has 1 heterocycles. The normalized spacial score (nSPS) is 13.0. The Kier molecular flexibility index (Phi) is 5.79. The highest BCUT2D eigenvalue weighted by molar-refractivity contribution is 7.99. The summed E-state index contributed by atoms with van der Waals surface area (Å²) in [6, 6.07) is 6.96. The van der Waals surface area contributed by atoms with E-state index in [9.17, 15) is 0 Å². The Morgan fingerprint density at radius 1 is 1.40 bits per heavy atom. The Morgan fingerprint density at radius 2 is 2.20 bits per heavy atom. The van der Waals surface area contributed by atoms with Gasteiger partial charge in [-0.2, -0.15) is 11.8 Å². The van der Waals surface area contributed by atoms with Gasteiger partial charge in [-0.25, -0.2) is 4.98 Å². The molecule has 0 bridgehead atoms. The third-order valence-electron chi connectivity index (χ3n) is 3.56. The summed E-state index contributed by atoms with van der Waals surface area (Å²) < 4.78 is 2.39. The highest BCUT2D eigenvalue weighted by Crippen LogP contribution is 2.25. The number of rotatable bonds is 7. The number of benzene rings is 1. The summed E-state index contributed by atoms with van der Waals surface area (Å²) in [6.07, 6.45) is 2.01. The van der Waals surface area contributed by atoms with E-state index in [1.54, 1.807) is 0 Å². The van der Waals surface area contributed by atoms with Crippen molar-refractivity contribution in [2.24, 2.45) is 0 Å². The van der Waals surface area contributed by atoms with Crippen molar-refractivity contribution in [2.75, 3.05) is 17.4 Å².